The summed E-state index contributed by atoms with van der Waals surface area (Å²) in [6.45, 7) is 4.37. The highest BCUT2D eigenvalue weighted by atomic mass is 32.2. The summed E-state index contributed by atoms with van der Waals surface area (Å²) in [5, 5.41) is 0. The number of thiocarbonyl (C=S) groups is 1. The largest absolute Gasteiger partial charge is 0.497 e. The van der Waals surface area contributed by atoms with Crippen molar-refractivity contribution in [2.24, 2.45) is 0 Å². The SMILES string of the molecule is COc1ccc(CCN2C(=O)/C(=C\c3c(Oc4cccc(C)c4C)nc4ccccn4c3=O)SC2=S)cc1. The maximum atomic E-state index is 13.5. The first kappa shape index (κ1) is 25.7. The van der Waals surface area contributed by atoms with Crippen molar-refractivity contribution in [2.75, 3.05) is 13.7 Å². The van der Waals surface area contributed by atoms with Gasteiger partial charge in [0.05, 0.1) is 12.0 Å². The normalized spacial score (nSPS) is 14.5. The number of nitrogens with zero attached hydrogens (tertiary/aromatic N) is 3. The topological polar surface area (TPSA) is 73.1 Å². The second-order valence-electron chi connectivity index (χ2n) is 8.80. The van der Waals surface area contributed by atoms with Crippen LogP contribution in [0.2, 0.25) is 0 Å². The van der Waals surface area contributed by atoms with Gasteiger partial charge in [-0.3, -0.25) is 18.9 Å². The van der Waals surface area contributed by atoms with Gasteiger partial charge in [0.2, 0.25) is 5.88 Å². The Morgan fingerprint density at radius 2 is 1.82 bits per heavy atom. The minimum atomic E-state index is -0.334. The van der Waals surface area contributed by atoms with Gasteiger partial charge in [0.1, 0.15) is 27.0 Å². The van der Waals surface area contributed by atoms with E-state index in [0.29, 0.717) is 33.6 Å². The highest BCUT2D eigenvalue weighted by Crippen LogP contribution is 2.35. The molecule has 0 N–H and O–H groups in total. The molecule has 0 unspecified atom stereocenters. The molecule has 0 spiro atoms. The fourth-order valence-electron chi connectivity index (χ4n) is 4.08. The summed E-state index contributed by atoms with van der Waals surface area (Å²) in [4.78, 5) is 33.4. The Labute approximate surface area is 229 Å². The number of thioether (sulfide) groups is 1. The van der Waals surface area contributed by atoms with Crippen LogP contribution >= 0.6 is 24.0 Å². The van der Waals surface area contributed by atoms with Crippen LogP contribution in [0.15, 0.2) is 76.6 Å². The molecule has 3 heterocycles. The van der Waals surface area contributed by atoms with E-state index in [0.717, 1.165) is 22.4 Å². The van der Waals surface area contributed by atoms with Crippen LogP contribution in [0.5, 0.6) is 17.4 Å². The van der Waals surface area contributed by atoms with E-state index >= 15 is 0 Å². The Bertz CT molecular complexity index is 1640. The van der Waals surface area contributed by atoms with Gasteiger partial charge in [-0.1, -0.05) is 54.3 Å². The van der Waals surface area contributed by atoms with Gasteiger partial charge >= 0.3 is 0 Å². The molecule has 0 aliphatic carbocycles. The summed E-state index contributed by atoms with van der Waals surface area (Å²) >= 11 is 6.69. The maximum absolute atomic E-state index is 13.5. The van der Waals surface area contributed by atoms with E-state index in [2.05, 4.69) is 4.98 Å². The number of carbonyl (C=O) groups is 1. The Morgan fingerprint density at radius 3 is 2.58 bits per heavy atom. The highest BCUT2D eigenvalue weighted by Gasteiger charge is 2.32. The van der Waals surface area contributed by atoms with Crippen LogP contribution in [-0.2, 0) is 11.2 Å². The summed E-state index contributed by atoms with van der Waals surface area (Å²) in [6.07, 6.45) is 3.82. The average Bonchev–Trinajstić information content (AvgIpc) is 3.19. The maximum Gasteiger partial charge on any atom is 0.269 e. The average molecular weight is 544 g/mol. The number of aryl methyl sites for hydroxylation is 1. The van der Waals surface area contributed by atoms with Gasteiger partial charge < -0.3 is 9.47 Å². The number of rotatable bonds is 7. The lowest BCUT2D eigenvalue weighted by molar-refractivity contribution is -0.122. The predicted molar refractivity (Wildman–Crippen MR) is 154 cm³/mol. The molecule has 0 saturated carbocycles. The molecule has 1 fully saturated rings. The standard InChI is InChI=1S/C29H25N3O4S2/c1-18-7-6-8-23(19(18)2)36-26-22(27(33)31-15-5-4-9-25(31)30-26)17-24-28(34)32(29(37)38-24)16-14-20-10-12-21(35-3)13-11-20/h4-13,15,17H,14,16H2,1-3H3/b24-17+. The monoisotopic (exact) mass is 543 g/mol. The van der Waals surface area contributed by atoms with Crippen LogP contribution in [0.1, 0.15) is 22.3 Å². The zero-order chi connectivity index (χ0) is 26.8. The van der Waals surface area contributed by atoms with E-state index in [1.807, 2.05) is 56.3 Å². The summed E-state index contributed by atoms with van der Waals surface area (Å²) in [5.41, 5.74) is 3.36. The number of fused-ring (bicyclic) bond motifs is 1. The second-order valence-corrected chi connectivity index (χ2v) is 10.5. The third kappa shape index (κ3) is 5.07. The van der Waals surface area contributed by atoms with Crippen LogP contribution in [0, 0.1) is 13.8 Å². The third-order valence-electron chi connectivity index (χ3n) is 6.43. The first-order valence-electron chi connectivity index (χ1n) is 12.0. The predicted octanol–water partition coefficient (Wildman–Crippen LogP) is 5.56. The minimum absolute atomic E-state index is 0.137. The van der Waals surface area contributed by atoms with Crippen molar-refractivity contribution in [3.63, 3.8) is 0 Å². The Kier molecular flexibility index (Phi) is 7.31. The number of pyridine rings is 1. The molecule has 0 bridgehead atoms. The fraction of sp³-hybridized carbons (Fsp3) is 0.172. The van der Waals surface area contributed by atoms with Gasteiger partial charge in [-0.2, -0.15) is 4.98 Å². The lowest BCUT2D eigenvalue weighted by atomic mass is 10.1. The second kappa shape index (κ2) is 10.8. The quantitative estimate of drug-likeness (QED) is 0.223. The molecule has 2 aromatic heterocycles. The van der Waals surface area contributed by atoms with Gasteiger partial charge in [-0.25, -0.2) is 0 Å². The molecule has 9 heteroatoms. The number of methoxy groups -OCH3 is 1. The summed E-state index contributed by atoms with van der Waals surface area (Å²) < 4.78 is 13.3. The molecule has 0 radical (unpaired) electrons. The van der Waals surface area contributed by atoms with Crippen molar-refractivity contribution in [1.82, 2.24) is 14.3 Å². The van der Waals surface area contributed by atoms with Crippen LogP contribution in [0.3, 0.4) is 0 Å². The smallest absolute Gasteiger partial charge is 0.269 e. The first-order chi connectivity index (χ1) is 18.4. The molecular formula is C29H25N3O4S2. The molecule has 4 aromatic rings. The van der Waals surface area contributed by atoms with Crippen molar-refractivity contribution >= 4 is 45.9 Å². The van der Waals surface area contributed by atoms with Crippen molar-refractivity contribution in [3.05, 3.63) is 104 Å². The van der Waals surface area contributed by atoms with Crippen molar-refractivity contribution < 1.29 is 14.3 Å². The Morgan fingerprint density at radius 1 is 1.03 bits per heavy atom. The number of aromatic nitrogens is 2. The van der Waals surface area contributed by atoms with E-state index in [-0.39, 0.29) is 22.9 Å². The molecule has 1 saturated heterocycles. The summed E-state index contributed by atoms with van der Waals surface area (Å²) in [6, 6.07) is 18.7. The van der Waals surface area contributed by atoms with Gasteiger partial charge in [0, 0.05) is 12.7 Å². The highest BCUT2D eigenvalue weighted by molar-refractivity contribution is 8.26. The molecule has 7 nitrogen and oxygen atoms in total. The van der Waals surface area contributed by atoms with Gasteiger partial charge in [-0.15, -0.1) is 0 Å². The molecule has 38 heavy (non-hydrogen) atoms. The molecule has 1 aliphatic heterocycles. The molecule has 1 amide bonds. The molecule has 0 atom stereocenters. The van der Waals surface area contributed by atoms with Gasteiger partial charge in [0.15, 0.2) is 0 Å². The summed E-state index contributed by atoms with van der Waals surface area (Å²) in [5.74, 6) is 1.26. The Hall–Kier alpha value is -3.95. The van der Waals surface area contributed by atoms with E-state index in [4.69, 9.17) is 21.7 Å². The van der Waals surface area contributed by atoms with Crippen LogP contribution in [0.25, 0.3) is 11.7 Å². The zero-order valence-corrected chi connectivity index (χ0v) is 22.8. The number of amides is 1. The lowest BCUT2D eigenvalue weighted by Crippen LogP contribution is -2.30. The number of benzene rings is 2. The number of hydrogen-bond acceptors (Lipinski definition) is 7. The molecule has 1 aliphatic rings. The zero-order valence-electron chi connectivity index (χ0n) is 21.1. The lowest BCUT2D eigenvalue weighted by Gasteiger charge is -2.14. The minimum Gasteiger partial charge on any atom is -0.497 e. The van der Waals surface area contributed by atoms with E-state index < -0.39 is 0 Å². The van der Waals surface area contributed by atoms with Gasteiger partial charge in [-0.05, 0) is 73.4 Å². The van der Waals surface area contributed by atoms with Crippen molar-refractivity contribution in [2.45, 2.75) is 20.3 Å². The third-order valence-corrected chi connectivity index (χ3v) is 7.81. The van der Waals surface area contributed by atoms with E-state index in [1.165, 1.54) is 16.2 Å². The van der Waals surface area contributed by atoms with Crippen LogP contribution in [-0.4, -0.2) is 38.2 Å². The van der Waals surface area contributed by atoms with Crippen molar-refractivity contribution in [3.8, 4) is 17.4 Å². The summed E-state index contributed by atoms with van der Waals surface area (Å²) in [7, 11) is 1.62. The molecule has 2 aromatic carbocycles. The molecule has 5 rings (SSSR count). The number of carbonyl (C=O) groups excluding carboxylic acids is 1. The number of ether oxygens (including phenoxy) is 2. The molecular weight excluding hydrogens is 518 g/mol. The fourth-order valence-corrected chi connectivity index (χ4v) is 5.37. The van der Waals surface area contributed by atoms with E-state index in [9.17, 15) is 9.59 Å². The number of hydrogen-bond donors (Lipinski definition) is 0. The Balaban J connectivity index is 1.48. The molecule has 192 valence electrons. The van der Waals surface area contributed by atoms with Crippen LogP contribution < -0.4 is 15.0 Å². The van der Waals surface area contributed by atoms with Gasteiger partial charge in [0.25, 0.3) is 11.5 Å². The van der Waals surface area contributed by atoms with E-state index in [1.54, 1.807) is 42.5 Å². The first-order valence-corrected chi connectivity index (χ1v) is 13.2. The van der Waals surface area contributed by atoms with Crippen molar-refractivity contribution in [1.29, 1.82) is 0 Å². The van der Waals surface area contributed by atoms with Crippen LogP contribution in [0.4, 0.5) is 0 Å².